The number of aromatic nitrogens is 3. The fourth-order valence-corrected chi connectivity index (χ4v) is 4.64. The van der Waals surface area contributed by atoms with E-state index >= 15 is 0 Å². The maximum absolute atomic E-state index is 13.1. The highest BCUT2D eigenvalue weighted by Crippen LogP contribution is 2.29. The first-order valence-corrected chi connectivity index (χ1v) is 13.0. The maximum atomic E-state index is 13.1. The summed E-state index contributed by atoms with van der Waals surface area (Å²) in [7, 11) is 0. The van der Waals surface area contributed by atoms with Crippen molar-refractivity contribution in [3.63, 3.8) is 0 Å². The van der Waals surface area contributed by atoms with Crippen LogP contribution in [0.2, 0.25) is 0 Å². The average Bonchev–Trinajstić information content (AvgIpc) is 3.38. The zero-order valence-corrected chi connectivity index (χ0v) is 21.1. The van der Waals surface area contributed by atoms with Gasteiger partial charge in [0.25, 0.3) is 0 Å². The SMILES string of the molecule is CCCCOc1ccc(-c2cc3c(N4CCC(C(=O)NCc5ccc(F)cc5)CC4)nccn3n2)cc1. The van der Waals surface area contributed by atoms with E-state index in [0.717, 1.165) is 79.3 Å². The maximum Gasteiger partial charge on any atom is 0.223 e. The van der Waals surface area contributed by atoms with E-state index in [1.165, 1.54) is 12.1 Å². The Labute approximate surface area is 216 Å². The van der Waals surface area contributed by atoms with Gasteiger partial charge in [0.1, 0.15) is 17.1 Å². The summed E-state index contributed by atoms with van der Waals surface area (Å²) < 4.78 is 20.7. The number of anilines is 1. The minimum atomic E-state index is -0.276. The van der Waals surface area contributed by atoms with E-state index < -0.39 is 0 Å². The number of nitrogens with one attached hydrogen (secondary N) is 1. The van der Waals surface area contributed by atoms with Gasteiger partial charge in [-0.1, -0.05) is 25.5 Å². The summed E-state index contributed by atoms with van der Waals surface area (Å²) in [4.78, 5) is 19.6. The summed E-state index contributed by atoms with van der Waals surface area (Å²) in [5.41, 5.74) is 3.73. The van der Waals surface area contributed by atoms with Gasteiger partial charge in [0.05, 0.1) is 12.3 Å². The highest BCUT2D eigenvalue weighted by atomic mass is 19.1. The minimum Gasteiger partial charge on any atom is -0.494 e. The number of piperidine rings is 1. The van der Waals surface area contributed by atoms with E-state index in [2.05, 4.69) is 28.2 Å². The van der Waals surface area contributed by atoms with Crippen molar-refractivity contribution in [2.45, 2.75) is 39.2 Å². The van der Waals surface area contributed by atoms with Crippen LogP contribution in [0, 0.1) is 11.7 Å². The number of fused-ring (bicyclic) bond motifs is 1. The molecule has 0 saturated carbocycles. The Morgan fingerprint density at radius 3 is 2.59 bits per heavy atom. The van der Waals surface area contributed by atoms with Crippen LogP contribution in [0.25, 0.3) is 16.8 Å². The Balaban J connectivity index is 1.21. The van der Waals surface area contributed by atoms with Crippen LogP contribution in [0.5, 0.6) is 5.75 Å². The quantitative estimate of drug-likeness (QED) is 0.317. The molecule has 0 atom stereocenters. The van der Waals surface area contributed by atoms with Crippen LogP contribution in [-0.2, 0) is 11.3 Å². The second-order valence-electron chi connectivity index (χ2n) is 9.44. The fourth-order valence-electron chi connectivity index (χ4n) is 4.64. The van der Waals surface area contributed by atoms with Gasteiger partial charge in [0, 0.05) is 43.5 Å². The van der Waals surface area contributed by atoms with Gasteiger partial charge in [-0.2, -0.15) is 5.10 Å². The number of unbranched alkanes of at least 4 members (excludes halogenated alkanes) is 1. The Bertz CT molecular complexity index is 1330. The van der Waals surface area contributed by atoms with Crippen LogP contribution in [-0.4, -0.2) is 40.2 Å². The van der Waals surface area contributed by atoms with Crippen LogP contribution >= 0.6 is 0 Å². The van der Waals surface area contributed by atoms with Crippen molar-refractivity contribution < 1.29 is 13.9 Å². The predicted molar refractivity (Wildman–Crippen MR) is 142 cm³/mol. The number of benzene rings is 2. The topological polar surface area (TPSA) is 71.8 Å². The van der Waals surface area contributed by atoms with Gasteiger partial charge in [-0.25, -0.2) is 13.9 Å². The molecule has 1 aliphatic rings. The van der Waals surface area contributed by atoms with Gasteiger partial charge in [0.15, 0.2) is 5.82 Å². The van der Waals surface area contributed by atoms with Crippen molar-refractivity contribution in [2.24, 2.45) is 5.92 Å². The Morgan fingerprint density at radius 2 is 1.86 bits per heavy atom. The van der Waals surface area contributed by atoms with Crippen molar-refractivity contribution in [3.05, 3.63) is 78.4 Å². The predicted octanol–water partition coefficient (Wildman–Crippen LogP) is 5.25. The third kappa shape index (κ3) is 5.90. The van der Waals surface area contributed by atoms with Crippen LogP contribution in [0.15, 0.2) is 67.0 Å². The minimum absolute atomic E-state index is 0.0453. The van der Waals surface area contributed by atoms with E-state index in [0.29, 0.717) is 6.54 Å². The molecule has 37 heavy (non-hydrogen) atoms. The number of halogens is 1. The number of amides is 1. The molecule has 5 rings (SSSR count). The highest BCUT2D eigenvalue weighted by molar-refractivity contribution is 5.79. The molecule has 192 valence electrons. The van der Waals surface area contributed by atoms with E-state index in [1.807, 2.05) is 35.0 Å². The summed E-state index contributed by atoms with van der Waals surface area (Å²) in [5.74, 6) is 1.47. The molecular weight excluding hydrogens is 469 g/mol. The molecule has 1 saturated heterocycles. The highest BCUT2D eigenvalue weighted by Gasteiger charge is 2.26. The third-order valence-corrected chi connectivity index (χ3v) is 6.83. The molecule has 1 amide bonds. The molecule has 0 radical (unpaired) electrons. The molecule has 0 unspecified atom stereocenters. The molecule has 0 bridgehead atoms. The lowest BCUT2D eigenvalue weighted by atomic mass is 9.95. The van der Waals surface area contributed by atoms with Gasteiger partial charge in [-0.05, 0) is 67.3 Å². The molecule has 4 aromatic rings. The number of rotatable bonds is 9. The second-order valence-corrected chi connectivity index (χ2v) is 9.44. The molecule has 1 aliphatic heterocycles. The summed E-state index contributed by atoms with van der Waals surface area (Å²) >= 11 is 0. The Morgan fingerprint density at radius 1 is 1.11 bits per heavy atom. The molecule has 0 aliphatic carbocycles. The van der Waals surface area contributed by atoms with E-state index in [-0.39, 0.29) is 17.6 Å². The molecule has 7 nitrogen and oxygen atoms in total. The van der Waals surface area contributed by atoms with Crippen molar-refractivity contribution >= 4 is 17.2 Å². The lowest BCUT2D eigenvalue weighted by molar-refractivity contribution is -0.125. The summed E-state index contributed by atoms with van der Waals surface area (Å²) in [6, 6.07) is 16.3. The fraction of sp³-hybridized carbons (Fsp3) is 0.345. The molecule has 2 aromatic heterocycles. The zero-order chi connectivity index (χ0) is 25.6. The zero-order valence-electron chi connectivity index (χ0n) is 21.1. The second kappa shape index (κ2) is 11.4. The van der Waals surface area contributed by atoms with E-state index in [1.54, 1.807) is 18.3 Å². The lowest BCUT2D eigenvalue weighted by Gasteiger charge is -2.32. The monoisotopic (exact) mass is 501 g/mol. The van der Waals surface area contributed by atoms with Crippen LogP contribution in [0.1, 0.15) is 38.2 Å². The molecule has 3 heterocycles. The Hall–Kier alpha value is -3.94. The standard InChI is InChI=1S/C29H32FN5O2/c1-2-3-18-37-25-10-6-22(7-11-25)26-19-27-28(31-14-17-35(27)33-26)34-15-12-23(13-16-34)29(36)32-20-21-4-8-24(30)9-5-21/h4-11,14,17,19,23H,2-3,12-13,15-16,18,20H2,1H3,(H,32,36). The smallest absolute Gasteiger partial charge is 0.223 e. The number of hydrogen-bond donors (Lipinski definition) is 1. The molecule has 1 fully saturated rings. The van der Waals surface area contributed by atoms with Gasteiger partial charge < -0.3 is 15.0 Å². The average molecular weight is 502 g/mol. The first kappa shape index (κ1) is 24.7. The molecule has 0 spiro atoms. The largest absolute Gasteiger partial charge is 0.494 e. The molecule has 2 aromatic carbocycles. The van der Waals surface area contributed by atoms with Gasteiger partial charge >= 0.3 is 0 Å². The summed E-state index contributed by atoms with van der Waals surface area (Å²) in [5, 5.41) is 7.76. The van der Waals surface area contributed by atoms with Crippen molar-refractivity contribution in [2.75, 3.05) is 24.6 Å². The van der Waals surface area contributed by atoms with Crippen LogP contribution in [0.4, 0.5) is 10.2 Å². The summed E-state index contributed by atoms with van der Waals surface area (Å²) in [6.45, 7) is 4.77. The molecule has 8 heteroatoms. The molecular formula is C29H32FN5O2. The van der Waals surface area contributed by atoms with Crippen molar-refractivity contribution in [1.82, 2.24) is 19.9 Å². The van der Waals surface area contributed by atoms with Crippen LogP contribution in [0.3, 0.4) is 0 Å². The van der Waals surface area contributed by atoms with Crippen molar-refractivity contribution in [3.8, 4) is 17.0 Å². The van der Waals surface area contributed by atoms with Gasteiger partial charge in [0.2, 0.25) is 5.91 Å². The number of hydrogen-bond acceptors (Lipinski definition) is 5. The summed E-state index contributed by atoms with van der Waals surface area (Å²) in [6.07, 6.45) is 7.28. The number of carbonyl (C=O) groups excluding carboxylic acids is 1. The first-order valence-electron chi connectivity index (χ1n) is 13.0. The number of carbonyl (C=O) groups is 1. The van der Waals surface area contributed by atoms with Crippen LogP contribution < -0.4 is 15.0 Å². The normalized spacial score (nSPS) is 14.2. The lowest BCUT2D eigenvalue weighted by Crippen LogP contribution is -2.40. The number of nitrogens with zero attached hydrogens (tertiary/aromatic N) is 4. The molecule has 1 N–H and O–H groups in total. The van der Waals surface area contributed by atoms with Crippen molar-refractivity contribution in [1.29, 1.82) is 0 Å². The Kier molecular flexibility index (Phi) is 7.63. The van der Waals surface area contributed by atoms with Gasteiger partial charge in [-0.3, -0.25) is 4.79 Å². The first-order chi connectivity index (χ1) is 18.1. The third-order valence-electron chi connectivity index (χ3n) is 6.83. The van der Waals surface area contributed by atoms with E-state index in [4.69, 9.17) is 9.84 Å². The number of ether oxygens (including phenoxy) is 1. The van der Waals surface area contributed by atoms with E-state index in [9.17, 15) is 9.18 Å². The van der Waals surface area contributed by atoms with Gasteiger partial charge in [-0.15, -0.1) is 0 Å².